The van der Waals surface area contributed by atoms with Gasteiger partial charge in [0.25, 0.3) is 0 Å². The van der Waals surface area contributed by atoms with Gasteiger partial charge in [-0.05, 0) is 6.07 Å². The number of aromatic nitrogens is 2. The smallest absolute Gasteiger partial charge is 0.248 e. The Kier molecular flexibility index (Phi) is 4.15. The molecule has 14 heavy (non-hydrogen) atoms. The van der Waals surface area contributed by atoms with Gasteiger partial charge in [0, 0.05) is 12.8 Å². The third-order valence-electron chi connectivity index (χ3n) is 1.37. The molecule has 0 aliphatic heterocycles. The number of hydrogen-bond donors (Lipinski definition) is 1. The summed E-state index contributed by atoms with van der Waals surface area (Å²) in [5, 5.41) is 0. The second kappa shape index (κ2) is 4.77. The number of H-pyrrole nitrogens is 1. The lowest BCUT2D eigenvalue weighted by Crippen LogP contribution is -2.09. The van der Waals surface area contributed by atoms with E-state index in [1.807, 2.05) is 0 Å². The van der Waals surface area contributed by atoms with E-state index < -0.39 is 3.79 Å². The van der Waals surface area contributed by atoms with Crippen LogP contribution in [0.1, 0.15) is 11.5 Å². The molecule has 0 aromatic carbocycles. The zero-order valence-corrected chi connectivity index (χ0v) is 10.3. The zero-order chi connectivity index (χ0) is 10.8. The summed E-state index contributed by atoms with van der Waals surface area (Å²) in [6.45, 7) is 0.361. The molecule has 1 heterocycles. The Bertz CT molecular complexity index is 374. The molecule has 0 spiro atoms. The van der Waals surface area contributed by atoms with Crippen LogP contribution < -0.4 is 0 Å². The van der Waals surface area contributed by atoms with Crippen molar-refractivity contribution in [3.8, 4) is 0 Å². The standard InChI is InChI=1S/C7H7Cl3N2OS/c1-13-3-4-2-5(14)12-6(11-4)7(8,9)10/h2H,3H2,1H3,(H,11,12,14). The fraction of sp³-hybridized carbons (Fsp3) is 0.429. The van der Waals surface area contributed by atoms with Crippen molar-refractivity contribution in [2.24, 2.45) is 0 Å². The predicted molar refractivity (Wildman–Crippen MR) is 59.4 cm³/mol. The Morgan fingerprint density at radius 3 is 2.71 bits per heavy atom. The van der Waals surface area contributed by atoms with Gasteiger partial charge in [-0.2, -0.15) is 0 Å². The highest BCUT2D eigenvalue weighted by molar-refractivity contribution is 7.71. The first-order valence-electron chi connectivity index (χ1n) is 3.60. The van der Waals surface area contributed by atoms with E-state index in [4.69, 9.17) is 51.8 Å². The van der Waals surface area contributed by atoms with E-state index in [0.29, 0.717) is 16.9 Å². The minimum absolute atomic E-state index is 0.196. The van der Waals surface area contributed by atoms with Crippen LogP contribution in [0, 0.1) is 4.64 Å². The number of nitrogens with one attached hydrogen (secondary N) is 1. The van der Waals surface area contributed by atoms with Crippen LogP contribution in [0.25, 0.3) is 0 Å². The largest absolute Gasteiger partial charge is 0.378 e. The molecule has 0 atom stereocenters. The molecule has 1 aromatic heterocycles. The third-order valence-corrected chi connectivity index (χ3v) is 2.11. The molecule has 0 bridgehead atoms. The van der Waals surface area contributed by atoms with Crippen LogP contribution >= 0.6 is 47.0 Å². The van der Waals surface area contributed by atoms with Crippen molar-refractivity contribution in [1.29, 1.82) is 0 Å². The maximum absolute atomic E-state index is 5.65. The zero-order valence-electron chi connectivity index (χ0n) is 7.18. The lowest BCUT2D eigenvalue weighted by molar-refractivity contribution is 0.181. The molecule has 0 aliphatic rings. The maximum atomic E-state index is 5.65. The third kappa shape index (κ3) is 3.37. The van der Waals surface area contributed by atoms with Crippen LogP contribution in [0.4, 0.5) is 0 Å². The van der Waals surface area contributed by atoms with E-state index in [2.05, 4.69) is 9.97 Å². The number of ether oxygens (including phenoxy) is 1. The molecule has 0 saturated heterocycles. The molecule has 1 aromatic rings. The first-order chi connectivity index (χ1) is 6.43. The van der Waals surface area contributed by atoms with Gasteiger partial charge < -0.3 is 9.72 Å². The van der Waals surface area contributed by atoms with Gasteiger partial charge in [0.1, 0.15) is 4.64 Å². The van der Waals surface area contributed by atoms with Gasteiger partial charge in [0.2, 0.25) is 3.79 Å². The summed E-state index contributed by atoms with van der Waals surface area (Å²) >= 11 is 21.9. The van der Waals surface area contributed by atoms with Gasteiger partial charge in [0.15, 0.2) is 5.82 Å². The molecule has 0 unspecified atom stereocenters. The quantitative estimate of drug-likeness (QED) is 0.664. The monoisotopic (exact) mass is 272 g/mol. The highest BCUT2D eigenvalue weighted by Gasteiger charge is 2.25. The number of rotatable bonds is 2. The summed E-state index contributed by atoms with van der Waals surface area (Å²) in [5.41, 5.74) is 0.717. The Balaban J connectivity index is 3.14. The van der Waals surface area contributed by atoms with Crippen LogP contribution in [0.15, 0.2) is 6.07 Å². The Morgan fingerprint density at radius 2 is 2.21 bits per heavy atom. The topological polar surface area (TPSA) is 37.9 Å². The van der Waals surface area contributed by atoms with Crippen LogP contribution in [0.5, 0.6) is 0 Å². The van der Waals surface area contributed by atoms with Gasteiger partial charge in [0.05, 0.1) is 6.61 Å². The van der Waals surface area contributed by atoms with E-state index >= 15 is 0 Å². The van der Waals surface area contributed by atoms with Crippen molar-refractivity contribution < 1.29 is 4.74 Å². The van der Waals surface area contributed by atoms with Gasteiger partial charge >= 0.3 is 0 Å². The summed E-state index contributed by atoms with van der Waals surface area (Å²) in [4.78, 5) is 6.72. The van der Waals surface area contributed by atoms with Gasteiger partial charge in [-0.1, -0.05) is 47.0 Å². The molecule has 78 valence electrons. The summed E-state index contributed by atoms with van der Waals surface area (Å²) < 4.78 is 3.67. The van der Waals surface area contributed by atoms with Crippen molar-refractivity contribution in [3.05, 3.63) is 22.2 Å². The molecule has 0 radical (unpaired) electrons. The molecular weight excluding hydrogens is 267 g/mol. The molecule has 0 fully saturated rings. The molecule has 3 nitrogen and oxygen atoms in total. The summed E-state index contributed by atoms with van der Waals surface area (Å²) in [6.07, 6.45) is 0. The molecule has 0 aliphatic carbocycles. The van der Waals surface area contributed by atoms with Gasteiger partial charge in [-0.3, -0.25) is 0 Å². The number of aromatic amines is 1. The van der Waals surface area contributed by atoms with E-state index in [0.717, 1.165) is 0 Å². The molecule has 1 N–H and O–H groups in total. The number of methoxy groups -OCH3 is 1. The normalized spacial score (nSPS) is 11.7. The number of hydrogen-bond acceptors (Lipinski definition) is 3. The highest BCUT2D eigenvalue weighted by atomic mass is 35.6. The number of nitrogens with zero attached hydrogens (tertiary/aromatic N) is 1. The van der Waals surface area contributed by atoms with Crippen molar-refractivity contribution in [2.75, 3.05) is 7.11 Å². The van der Waals surface area contributed by atoms with Crippen molar-refractivity contribution in [2.45, 2.75) is 10.4 Å². The first-order valence-corrected chi connectivity index (χ1v) is 5.14. The van der Waals surface area contributed by atoms with Crippen LogP contribution in [-0.4, -0.2) is 17.1 Å². The van der Waals surface area contributed by atoms with E-state index in [9.17, 15) is 0 Å². The van der Waals surface area contributed by atoms with Crippen molar-refractivity contribution in [1.82, 2.24) is 9.97 Å². The fourth-order valence-electron chi connectivity index (χ4n) is 0.875. The second-order valence-electron chi connectivity index (χ2n) is 2.52. The Morgan fingerprint density at radius 1 is 1.57 bits per heavy atom. The Hall–Kier alpha value is 0.130. The average molecular weight is 274 g/mol. The number of alkyl halides is 3. The minimum atomic E-state index is -1.60. The van der Waals surface area contributed by atoms with Gasteiger partial charge in [-0.25, -0.2) is 4.98 Å². The predicted octanol–water partition coefficient (Wildman–Crippen LogP) is 3.11. The Labute approximate surface area is 101 Å². The highest BCUT2D eigenvalue weighted by Crippen LogP contribution is 2.35. The first kappa shape index (κ1) is 12.2. The molecule has 0 amide bonds. The van der Waals surface area contributed by atoms with E-state index in [1.165, 1.54) is 0 Å². The van der Waals surface area contributed by atoms with Crippen LogP contribution in [-0.2, 0) is 15.1 Å². The second-order valence-corrected chi connectivity index (χ2v) is 5.22. The summed E-state index contributed by atoms with van der Waals surface area (Å²) in [5.74, 6) is 0.196. The molecule has 1 rings (SSSR count). The maximum Gasteiger partial charge on any atom is 0.248 e. The van der Waals surface area contributed by atoms with Crippen molar-refractivity contribution in [3.63, 3.8) is 0 Å². The average Bonchev–Trinajstić information content (AvgIpc) is 2.02. The SMILES string of the molecule is COCc1cc(=S)nc(C(Cl)(Cl)Cl)[nH]1. The minimum Gasteiger partial charge on any atom is -0.378 e. The molecule has 0 saturated carbocycles. The van der Waals surface area contributed by atoms with Crippen LogP contribution in [0.3, 0.4) is 0 Å². The lowest BCUT2D eigenvalue weighted by atomic mass is 10.4. The molecular formula is C7H7Cl3N2OS. The summed E-state index contributed by atoms with van der Waals surface area (Å²) in [7, 11) is 1.56. The van der Waals surface area contributed by atoms with E-state index in [-0.39, 0.29) is 5.82 Å². The lowest BCUT2D eigenvalue weighted by Gasteiger charge is -2.11. The van der Waals surface area contributed by atoms with E-state index in [1.54, 1.807) is 13.2 Å². The van der Waals surface area contributed by atoms with Crippen molar-refractivity contribution >= 4 is 47.0 Å². The number of halogens is 3. The van der Waals surface area contributed by atoms with Crippen LogP contribution in [0.2, 0.25) is 0 Å². The molecule has 7 heteroatoms. The summed E-state index contributed by atoms with van der Waals surface area (Å²) in [6, 6.07) is 1.65. The fourth-order valence-corrected chi connectivity index (χ4v) is 1.38. The van der Waals surface area contributed by atoms with Gasteiger partial charge in [-0.15, -0.1) is 0 Å².